The molecule has 2 heterocycles. The van der Waals surface area contributed by atoms with Gasteiger partial charge in [0.25, 0.3) is 0 Å². The molecule has 0 atom stereocenters. The quantitative estimate of drug-likeness (QED) is 0.797. The maximum Gasteiger partial charge on any atom is 0.213 e. The Hall–Kier alpha value is -1.67. The summed E-state index contributed by atoms with van der Waals surface area (Å²) in [5.41, 5.74) is 1.71. The van der Waals surface area contributed by atoms with Crippen LogP contribution in [0.3, 0.4) is 0 Å². The number of sulfonamides is 1. The van der Waals surface area contributed by atoms with Gasteiger partial charge in [0.05, 0.1) is 11.4 Å². The van der Waals surface area contributed by atoms with E-state index in [1.165, 1.54) is 7.05 Å². The molecule has 0 aromatic carbocycles. The molecule has 0 unspecified atom stereocenters. The second-order valence-corrected chi connectivity index (χ2v) is 5.89. The van der Waals surface area contributed by atoms with Gasteiger partial charge in [-0.05, 0) is 20.0 Å². The Kier molecular flexibility index (Phi) is 3.48. The first-order valence-corrected chi connectivity index (χ1v) is 7.13. The van der Waals surface area contributed by atoms with Gasteiger partial charge in [0.1, 0.15) is 5.52 Å². The number of aromatic nitrogens is 3. The van der Waals surface area contributed by atoms with Crippen molar-refractivity contribution in [2.75, 3.05) is 24.7 Å². The third kappa shape index (κ3) is 2.77. The van der Waals surface area contributed by atoms with E-state index < -0.39 is 10.0 Å². The monoisotopic (exact) mass is 269 g/mol. The third-order valence-electron chi connectivity index (χ3n) is 2.49. The first-order chi connectivity index (χ1) is 8.52. The number of fused-ring (bicyclic) bond motifs is 1. The molecule has 2 aromatic heterocycles. The van der Waals surface area contributed by atoms with Gasteiger partial charge in [-0.25, -0.2) is 22.6 Å². The van der Waals surface area contributed by atoms with E-state index in [1.54, 1.807) is 16.9 Å². The standard InChI is InChI=1S/C10H15N5O2S/c1-8-7-9-10(12-3-5-15(9)14-8)13-4-6-18(16,17)11-2/h3,5,7,11H,4,6H2,1-2H3,(H,12,13). The van der Waals surface area contributed by atoms with E-state index in [2.05, 4.69) is 20.1 Å². The van der Waals surface area contributed by atoms with Crippen LogP contribution in [0.5, 0.6) is 0 Å². The van der Waals surface area contributed by atoms with Crippen LogP contribution in [0.15, 0.2) is 18.5 Å². The van der Waals surface area contributed by atoms with E-state index in [-0.39, 0.29) is 5.75 Å². The molecule has 18 heavy (non-hydrogen) atoms. The molecule has 8 heteroatoms. The van der Waals surface area contributed by atoms with Crippen LogP contribution in [0, 0.1) is 6.92 Å². The highest BCUT2D eigenvalue weighted by atomic mass is 32.2. The molecule has 2 N–H and O–H groups in total. The van der Waals surface area contributed by atoms with Gasteiger partial charge in [0, 0.05) is 18.9 Å². The second-order valence-electron chi connectivity index (χ2n) is 3.84. The van der Waals surface area contributed by atoms with Crippen molar-refractivity contribution >= 4 is 21.4 Å². The number of anilines is 1. The highest BCUT2D eigenvalue weighted by Gasteiger charge is 2.08. The highest BCUT2D eigenvalue weighted by molar-refractivity contribution is 7.89. The zero-order valence-electron chi connectivity index (χ0n) is 10.2. The molecule has 0 bridgehead atoms. The number of hydrogen-bond acceptors (Lipinski definition) is 5. The van der Waals surface area contributed by atoms with Gasteiger partial charge < -0.3 is 5.32 Å². The average molecular weight is 269 g/mol. The predicted octanol–water partition coefficient (Wildman–Crippen LogP) is -0.00118. The van der Waals surface area contributed by atoms with Gasteiger partial charge >= 0.3 is 0 Å². The van der Waals surface area contributed by atoms with Gasteiger partial charge in [-0.2, -0.15) is 5.10 Å². The van der Waals surface area contributed by atoms with Crippen LogP contribution in [0.2, 0.25) is 0 Å². The number of rotatable bonds is 5. The molecule has 0 aliphatic heterocycles. The molecular weight excluding hydrogens is 254 g/mol. The molecule has 0 spiro atoms. The molecule has 0 saturated heterocycles. The Morgan fingerprint density at radius 3 is 2.94 bits per heavy atom. The van der Waals surface area contributed by atoms with Crippen molar-refractivity contribution in [3.05, 3.63) is 24.2 Å². The number of nitrogens with zero attached hydrogens (tertiary/aromatic N) is 3. The summed E-state index contributed by atoms with van der Waals surface area (Å²) in [4.78, 5) is 4.18. The zero-order valence-corrected chi connectivity index (χ0v) is 11.0. The Balaban J connectivity index is 2.13. The van der Waals surface area contributed by atoms with E-state index in [1.807, 2.05) is 13.0 Å². The van der Waals surface area contributed by atoms with E-state index in [0.29, 0.717) is 12.4 Å². The summed E-state index contributed by atoms with van der Waals surface area (Å²) in [6.07, 6.45) is 3.37. The fourth-order valence-electron chi connectivity index (χ4n) is 1.59. The van der Waals surface area contributed by atoms with Crippen molar-refractivity contribution in [1.29, 1.82) is 0 Å². The van der Waals surface area contributed by atoms with E-state index in [9.17, 15) is 8.42 Å². The molecule has 0 fully saturated rings. The minimum absolute atomic E-state index is 0.000641. The summed E-state index contributed by atoms with van der Waals surface area (Å²) < 4.78 is 26.5. The molecule has 0 aliphatic carbocycles. The van der Waals surface area contributed by atoms with E-state index in [0.717, 1.165) is 11.2 Å². The minimum Gasteiger partial charge on any atom is -0.367 e. The summed E-state index contributed by atoms with van der Waals surface area (Å²) in [5, 5.41) is 7.25. The molecule has 0 radical (unpaired) electrons. The molecule has 0 amide bonds. The Morgan fingerprint density at radius 2 is 2.22 bits per heavy atom. The fraction of sp³-hybridized carbons (Fsp3) is 0.400. The summed E-state index contributed by atoms with van der Waals surface area (Å²) in [6.45, 7) is 2.18. The normalized spacial score (nSPS) is 11.9. The van der Waals surface area contributed by atoms with Crippen molar-refractivity contribution < 1.29 is 8.42 Å². The van der Waals surface area contributed by atoms with Crippen molar-refractivity contribution in [1.82, 2.24) is 19.3 Å². The maximum atomic E-state index is 11.3. The Morgan fingerprint density at radius 1 is 1.44 bits per heavy atom. The average Bonchev–Trinajstić information content (AvgIpc) is 2.70. The summed E-state index contributed by atoms with van der Waals surface area (Å²) in [5.74, 6) is 0.628. The van der Waals surface area contributed by atoms with Gasteiger partial charge in [-0.1, -0.05) is 0 Å². The Bertz CT molecular complexity index is 649. The van der Waals surface area contributed by atoms with Crippen molar-refractivity contribution in [3.63, 3.8) is 0 Å². The molecule has 0 saturated carbocycles. The lowest BCUT2D eigenvalue weighted by atomic mass is 10.4. The zero-order chi connectivity index (χ0) is 13.2. The van der Waals surface area contributed by atoms with Crippen molar-refractivity contribution in [3.8, 4) is 0 Å². The van der Waals surface area contributed by atoms with Gasteiger partial charge in [-0.15, -0.1) is 0 Å². The lowest BCUT2D eigenvalue weighted by Crippen LogP contribution is -2.26. The SMILES string of the molecule is CNS(=O)(=O)CCNc1nccn2nc(C)cc12. The van der Waals surface area contributed by atoms with Crippen LogP contribution in [-0.2, 0) is 10.0 Å². The fourth-order valence-corrected chi connectivity index (χ4v) is 2.16. The van der Waals surface area contributed by atoms with Crippen molar-refractivity contribution in [2.45, 2.75) is 6.92 Å². The molecule has 7 nitrogen and oxygen atoms in total. The maximum absolute atomic E-state index is 11.3. The van der Waals surface area contributed by atoms with Gasteiger partial charge in [0.2, 0.25) is 10.0 Å². The molecule has 2 rings (SSSR count). The molecule has 98 valence electrons. The first-order valence-electron chi connectivity index (χ1n) is 5.48. The van der Waals surface area contributed by atoms with Gasteiger partial charge in [-0.3, -0.25) is 0 Å². The molecule has 2 aromatic rings. The minimum atomic E-state index is -3.20. The summed E-state index contributed by atoms with van der Waals surface area (Å²) in [6, 6.07) is 1.89. The van der Waals surface area contributed by atoms with E-state index >= 15 is 0 Å². The van der Waals surface area contributed by atoms with Crippen molar-refractivity contribution in [2.24, 2.45) is 0 Å². The number of aryl methyl sites for hydroxylation is 1. The number of nitrogens with one attached hydrogen (secondary N) is 2. The van der Waals surface area contributed by atoms with Crippen LogP contribution in [0.1, 0.15) is 5.69 Å². The van der Waals surface area contributed by atoms with Gasteiger partial charge in [0.15, 0.2) is 5.82 Å². The van der Waals surface area contributed by atoms with Crippen LogP contribution < -0.4 is 10.0 Å². The van der Waals surface area contributed by atoms with Crippen LogP contribution >= 0.6 is 0 Å². The lowest BCUT2D eigenvalue weighted by molar-refractivity contribution is 0.588. The second kappa shape index (κ2) is 4.91. The van der Waals surface area contributed by atoms with E-state index in [4.69, 9.17) is 0 Å². The first kappa shape index (κ1) is 12.8. The highest BCUT2D eigenvalue weighted by Crippen LogP contribution is 2.14. The Labute approximate surface area is 105 Å². The summed E-state index contributed by atoms with van der Waals surface area (Å²) >= 11 is 0. The van der Waals surface area contributed by atoms with Crippen LogP contribution in [0.25, 0.3) is 5.52 Å². The smallest absolute Gasteiger partial charge is 0.213 e. The molecule has 0 aliphatic rings. The van der Waals surface area contributed by atoms with Crippen LogP contribution in [0.4, 0.5) is 5.82 Å². The molecular formula is C10H15N5O2S. The summed E-state index contributed by atoms with van der Waals surface area (Å²) in [7, 11) is -1.80. The predicted molar refractivity (Wildman–Crippen MR) is 69.1 cm³/mol. The topological polar surface area (TPSA) is 88.4 Å². The lowest BCUT2D eigenvalue weighted by Gasteiger charge is -2.06. The third-order valence-corrected chi connectivity index (χ3v) is 3.85. The number of hydrogen-bond donors (Lipinski definition) is 2. The largest absolute Gasteiger partial charge is 0.367 e. The van der Waals surface area contributed by atoms with Crippen LogP contribution in [-0.4, -0.2) is 42.4 Å².